The average molecular weight is 358 g/mol. The highest BCUT2D eigenvalue weighted by atomic mass is 32.2. The number of hydrogen-bond acceptors (Lipinski definition) is 4. The van der Waals surface area contributed by atoms with Crippen LogP contribution in [0.4, 0.5) is 0 Å². The third-order valence-electron chi connectivity index (χ3n) is 3.57. The minimum Gasteiger partial charge on any atom is -0.484 e. The molecule has 0 aliphatic rings. The van der Waals surface area contributed by atoms with Gasteiger partial charge in [0.1, 0.15) is 5.75 Å². The summed E-state index contributed by atoms with van der Waals surface area (Å²) in [4.78, 5) is 25.1. The first-order chi connectivity index (χ1) is 11.9. The van der Waals surface area contributed by atoms with Crippen LogP contribution in [0.3, 0.4) is 0 Å². The lowest BCUT2D eigenvalue weighted by atomic mass is 10.1. The molecule has 0 atom stereocenters. The van der Waals surface area contributed by atoms with Crippen LogP contribution in [0.5, 0.6) is 5.75 Å². The molecule has 0 bridgehead atoms. The number of ether oxygens (including phenoxy) is 1. The van der Waals surface area contributed by atoms with Gasteiger partial charge in [-0.1, -0.05) is 12.1 Å². The Bertz CT molecular complexity index is 770. The lowest BCUT2D eigenvalue weighted by Crippen LogP contribution is -2.44. The normalized spacial score (nSPS) is 10.2. The number of nitrogens with one attached hydrogen (secondary N) is 2. The molecule has 2 amide bonds. The number of aryl methyl sites for hydroxylation is 3. The van der Waals surface area contributed by atoms with Crippen LogP contribution in [0, 0.1) is 20.8 Å². The van der Waals surface area contributed by atoms with Gasteiger partial charge in [0.2, 0.25) is 0 Å². The average Bonchev–Trinajstić information content (AvgIpc) is 2.57. The smallest absolute Gasteiger partial charge is 0.276 e. The van der Waals surface area contributed by atoms with E-state index in [0.717, 1.165) is 21.6 Å². The molecule has 2 rings (SSSR count). The Kier molecular flexibility index (Phi) is 6.47. The quantitative estimate of drug-likeness (QED) is 0.636. The largest absolute Gasteiger partial charge is 0.484 e. The van der Waals surface area contributed by atoms with Gasteiger partial charge in [-0.05, 0) is 68.0 Å². The zero-order valence-electron chi connectivity index (χ0n) is 14.8. The van der Waals surface area contributed by atoms with Gasteiger partial charge < -0.3 is 4.74 Å². The van der Waals surface area contributed by atoms with Gasteiger partial charge in [-0.3, -0.25) is 20.4 Å². The second kappa shape index (κ2) is 8.58. The van der Waals surface area contributed by atoms with Gasteiger partial charge in [-0.25, -0.2) is 0 Å². The van der Waals surface area contributed by atoms with Crippen LogP contribution in [-0.4, -0.2) is 24.7 Å². The summed E-state index contributed by atoms with van der Waals surface area (Å²) >= 11 is 1.55. The number of carbonyl (C=O) groups is 2. The molecule has 0 aliphatic carbocycles. The third kappa shape index (κ3) is 5.53. The minimum atomic E-state index is -0.425. The molecule has 0 aliphatic heterocycles. The molecule has 0 aromatic heterocycles. The molecule has 0 heterocycles. The van der Waals surface area contributed by atoms with Crippen LogP contribution in [-0.2, 0) is 4.79 Å². The highest BCUT2D eigenvalue weighted by Gasteiger charge is 2.11. The number of carbonyl (C=O) groups excluding carboxylic acids is 2. The Morgan fingerprint density at radius 3 is 2.32 bits per heavy atom. The first kappa shape index (κ1) is 18.9. The van der Waals surface area contributed by atoms with Crippen molar-refractivity contribution in [2.75, 3.05) is 12.9 Å². The van der Waals surface area contributed by atoms with Crippen LogP contribution in [0.25, 0.3) is 0 Å². The predicted octanol–water partition coefficient (Wildman–Crippen LogP) is 3.17. The van der Waals surface area contributed by atoms with Crippen molar-refractivity contribution >= 4 is 23.6 Å². The molecule has 0 radical (unpaired) electrons. The Morgan fingerprint density at radius 1 is 1.00 bits per heavy atom. The number of amides is 2. The standard InChI is InChI=1S/C19H22N2O3S/c1-12-7-13(2)9-15(8-12)24-11-18(22)20-21-19(23)17-10-16(25-4)6-5-14(17)3/h5-10H,11H2,1-4H3,(H,20,22)(H,21,23). The summed E-state index contributed by atoms with van der Waals surface area (Å²) in [5.74, 6) is -0.151. The van der Waals surface area contributed by atoms with Crippen molar-refractivity contribution in [1.29, 1.82) is 0 Å². The Morgan fingerprint density at radius 2 is 1.68 bits per heavy atom. The first-order valence-corrected chi connectivity index (χ1v) is 9.06. The van der Waals surface area contributed by atoms with E-state index in [2.05, 4.69) is 10.9 Å². The van der Waals surface area contributed by atoms with Crippen LogP contribution >= 0.6 is 11.8 Å². The van der Waals surface area contributed by atoms with Gasteiger partial charge in [-0.2, -0.15) is 0 Å². The molecule has 25 heavy (non-hydrogen) atoms. The zero-order valence-corrected chi connectivity index (χ0v) is 15.6. The van der Waals surface area contributed by atoms with Crippen LogP contribution in [0.2, 0.25) is 0 Å². The number of hydrogen-bond donors (Lipinski definition) is 2. The van der Waals surface area contributed by atoms with Crippen molar-refractivity contribution in [2.24, 2.45) is 0 Å². The van der Waals surface area contributed by atoms with E-state index in [-0.39, 0.29) is 12.5 Å². The number of benzene rings is 2. The molecule has 0 spiro atoms. The molecule has 6 heteroatoms. The predicted molar refractivity (Wildman–Crippen MR) is 100.0 cm³/mol. The van der Waals surface area contributed by atoms with Gasteiger partial charge in [0.25, 0.3) is 11.8 Å². The maximum absolute atomic E-state index is 12.2. The zero-order chi connectivity index (χ0) is 18.4. The van der Waals surface area contributed by atoms with E-state index in [0.29, 0.717) is 11.3 Å². The second-order valence-electron chi connectivity index (χ2n) is 5.80. The summed E-state index contributed by atoms with van der Waals surface area (Å²) in [6, 6.07) is 11.4. The maximum Gasteiger partial charge on any atom is 0.276 e. The SMILES string of the molecule is CSc1ccc(C)c(C(=O)NNC(=O)COc2cc(C)cc(C)c2)c1. The Labute approximate surface area is 152 Å². The van der Waals surface area contributed by atoms with Crippen LogP contribution in [0.1, 0.15) is 27.0 Å². The molecule has 0 unspecified atom stereocenters. The van der Waals surface area contributed by atoms with Gasteiger partial charge in [-0.15, -0.1) is 11.8 Å². The van der Waals surface area contributed by atoms with E-state index >= 15 is 0 Å². The molecule has 2 aromatic carbocycles. The van der Waals surface area contributed by atoms with Crippen LogP contribution in [0.15, 0.2) is 41.3 Å². The monoisotopic (exact) mass is 358 g/mol. The van der Waals surface area contributed by atoms with E-state index in [1.165, 1.54) is 0 Å². The second-order valence-corrected chi connectivity index (χ2v) is 6.67. The van der Waals surface area contributed by atoms with Crippen molar-refractivity contribution in [2.45, 2.75) is 25.7 Å². The minimum absolute atomic E-state index is 0.174. The summed E-state index contributed by atoms with van der Waals surface area (Å²) in [6.07, 6.45) is 1.94. The highest BCUT2D eigenvalue weighted by molar-refractivity contribution is 7.98. The van der Waals surface area contributed by atoms with Gasteiger partial charge in [0.15, 0.2) is 6.61 Å². The fourth-order valence-corrected chi connectivity index (χ4v) is 2.81. The summed E-state index contributed by atoms with van der Waals surface area (Å²) in [5.41, 5.74) is 8.30. The van der Waals surface area contributed by atoms with Gasteiger partial charge in [0, 0.05) is 10.5 Å². The highest BCUT2D eigenvalue weighted by Crippen LogP contribution is 2.19. The molecular weight excluding hydrogens is 336 g/mol. The topological polar surface area (TPSA) is 67.4 Å². The van der Waals surface area contributed by atoms with Gasteiger partial charge >= 0.3 is 0 Å². The number of rotatable bonds is 5. The van der Waals surface area contributed by atoms with Crippen molar-refractivity contribution in [1.82, 2.24) is 10.9 Å². The van der Waals surface area contributed by atoms with Crippen molar-refractivity contribution in [3.05, 3.63) is 58.7 Å². The first-order valence-electron chi connectivity index (χ1n) is 7.84. The van der Waals surface area contributed by atoms with Gasteiger partial charge in [0.05, 0.1) is 0 Å². The lowest BCUT2D eigenvalue weighted by Gasteiger charge is -2.11. The summed E-state index contributed by atoms with van der Waals surface area (Å²) < 4.78 is 5.46. The molecule has 5 nitrogen and oxygen atoms in total. The molecule has 0 saturated carbocycles. The molecule has 0 saturated heterocycles. The lowest BCUT2D eigenvalue weighted by molar-refractivity contribution is -0.123. The molecular formula is C19H22N2O3S. The van der Waals surface area contributed by atoms with E-state index in [4.69, 9.17) is 4.74 Å². The molecule has 0 fully saturated rings. The van der Waals surface area contributed by atoms with Crippen LogP contribution < -0.4 is 15.6 Å². The molecule has 2 aromatic rings. The van der Waals surface area contributed by atoms with E-state index in [9.17, 15) is 9.59 Å². The fourth-order valence-electron chi connectivity index (χ4n) is 2.37. The van der Waals surface area contributed by atoms with Crippen molar-refractivity contribution in [3.8, 4) is 5.75 Å². The Balaban J connectivity index is 1.88. The fraction of sp³-hybridized carbons (Fsp3) is 0.263. The summed E-state index contributed by atoms with van der Waals surface area (Å²) in [7, 11) is 0. The summed E-state index contributed by atoms with van der Waals surface area (Å²) in [5, 5.41) is 0. The van der Waals surface area contributed by atoms with E-state index < -0.39 is 5.91 Å². The number of thioether (sulfide) groups is 1. The number of hydrazine groups is 1. The summed E-state index contributed by atoms with van der Waals surface area (Å²) in [6.45, 7) is 5.60. The van der Waals surface area contributed by atoms with E-state index in [1.807, 2.05) is 57.4 Å². The van der Waals surface area contributed by atoms with Crippen molar-refractivity contribution in [3.63, 3.8) is 0 Å². The molecule has 132 valence electrons. The van der Waals surface area contributed by atoms with Crippen molar-refractivity contribution < 1.29 is 14.3 Å². The maximum atomic E-state index is 12.2. The Hall–Kier alpha value is -2.47. The molecule has 2 N–H and O–H groups in total. The van der Waals surface area contributed by atoms with E-state index in [1.54, 1.807) is 17.8 Å². The third-order valence-corrected chi connectivity index (χ3v) is 4.30.